The second kappa shape index (κ2) is 7.13. The fourth-order valence-corrected chi connectivity index (χ4v) is 3.66. The van der Waals surface area contributed by atoms with Crippen molar-refractivity contribution in [3.8, 4) is 0 Å². The molecule has 3 nitrogen and oxygen atoms in total. The van der Waals surface area contributed by atoms with Crippen LogP contribution >= 0.6 is 0 Å². The van der Waals surface area contributed by atoms with Gasteiger partial charge >= 0.3 is 5.97 Å². The molecule has 0 spiro atoms. The highest BCUT2D eigenvalue weighted by molar-refractivity contribution is 5.66. The van der Waals surface area contributed by atoms with E-state index in [-0.39, 0.29) is 0 Å². The Bertz CT molecular complexity index is 261. The predicted octanol–water partition coefficient (Wildman–Crippen LogP) is 3.29. The summed E-state index contributed by atoms with van der Waals surface area (Å²) in [5, 5.41) is 8.77. The van der Waals surface area contributed by atoms with Crippen LogP contribution < -0.4 is 0 Å². The molecule has 2 rings (SSSR count). The molecule has 1 aliphatic carbocycles. The quantitative estimate of drug-likeness (QED) is 0.789. The van der Waals surface area contributed by atoms with Crippen molar-refractivity contribution in [2.24, 2.45) is 5.92 Å². The Kier molecular flexibility index (Phi) is 5.48. The SMILES string of the molecule is O=C(O)CCN1CCC[C@@H]1CCC1CCCCC1. The smallest absolute Gasteiger partial charge is 0.304 e. The monoisotopic (exact) mass is 253 g/mol. The molecule has 2 fully saturated rings. The summed E-state index contributed by atoms with van der Waals surface area (Å²) in [6, 6.07) is 0.672. The first-order valence-electron chi connectivity index (χ1n) is 7.71. The molecule has 0 aromatic heterocycles. The van der Waals surface area contributed by atoms with Crippen LogP contribution in [0.1, 0.15) is 64.2 Å². The van der Waals surface area contributed by atoms with Gasteiger partial charge in [-0.15, -0.1) is 0 Å². The highest BCUT2D eigenvalue weighted by Crippen LogP contribution is 2.30. The summed E-state index contributed by atoms with van der Waals surface area (Å²) in [6.45, 7) is 1.87. The first-order valence-corrected chi connectivity index (χ1v) is 7.71. The molecule has 1 saturated heterocycles. The lowest BCUT2D eigenvalue weighted by molar-refractivity contribution is -0.137. The summed E-state index contributed by atoms with van der Waals surface area (Å²) in [5.41, 5.74) is 0. The van der Waals surface area contributed by atoms with Gasteiger partial charge in [0.2, 0.25) is 0 Å². The third kappa shape index (κ3) is 4.27. The van der Waals surface area contributed by atoms with E-state index >= 15 is 0 Å². The number of aliphatic carboxylic acids is 1. The van der Waals surface area contributed by atoms with Crippen LogP contribution in [-0.4, -0.2) is 35.1 Å². The molecule has 0 unspecified atom stereocenters. The van der Waals surface area contributed by atoms with Crippen molar-refractivity contribution < 1.29 is 9.90 Å². The first-order chi connectivity index (χ1) is 8.75. The van der Waals surface area contributed by atoms with Crippen LogP contribution in [0.4, 0.5) is 0 Å². The van der Waals surface area contributed by atoms with Gasteiger partial charge in [-0.3, -0.25) is 9.69 Å². The van der Waals surface area contributed by atoms with Gasteiger partial charge in [-0.2, -0.15) is 0 Å². The van der Waals surface area contributed by atoms with Crippen molar-refractivity contribution in [1.29, 1.82) is 0 Å². The molecule has 1 N–H and O–H groups in total. The zero-order valence-corrected chi connectivity index (χ0v) is 11.4. The van der Waals surface area contributed by atoms with Crippen molar-refractivity contribution in [1.82, 2.24) is 4.90 Å². The van der Waals surface area contributed by atoms with E-state index in [1.165, 1.54) is 57.8 Å². The van der Waals surface area contributed by atoms with Crippen molar-refractivity contribution in [2.45, 2.75) is 70.3 Å². The van der Waals surface area contributed by atoms with Gasteiger partial charge in [-0.25, -0.2) is 0 Å². The van der Waals surface area contributed by atoms with E-state index in [1.807, 2.05) is 0 Å². The summed E-state index contributed by atoms with van der Waals surface area (Å²) in [6.07, 6.45) is 12.7. The van der Waals surface area contributed by atoms with E-state index in [9.17, 15) is 4.79 Å². The zero-order valence-electron chi connectivity index (χ0n) is 11.4. The average molecular weight is 253 g/mol. The summed E-state index contributed by atoms with van der Waals surface area (Å²) in [4.78, 5) is 13.1. The zero-order chi connectivity index (χ0) is 12.8. The predicted molar refractivity (Wildman–Crippen MR) is 72.7 cm³/mol. The normalized spacial score (nSPS) is 26.6. The molecular formula is C15H27NO2. The molecule has 18 heavy (non-hydrogen) atoms. The molecule has 1 heterocycles. The Morgan fingerprint density at radius 2 is 1.83 bits per heavy atom. The van der Waals surface area contributed by atoms with Gasteiger partial charge in [0, 0.05) is 12.6 Å². The Hall–Kier alpha value is -0.570. The topological polar surface area (TPSA) is 40.5 Å². The maximum Gasteiger partial charge on any atom is 0.304 e. The molecule has 1 saturated carbocycles. The van der Waals surface area contributed by atoms with Crippen LogP contribution in [0.5, 0.6) is 0 Å². The Morgan fingerprint density at radius 3 is 2.56 bits per heavy atom. The summed E-state index contributed by atoms with van der Waals surface area (Å²) in [7, 11) is 0. The van der Waals surface area contributed by atoms with Gasteiger partial charge in [0.1, 0.15) is 0 Å². The minimum absolute atomic E-state index is 0.305. The first kappa shape index (κ1) is 13.9. The van der Waals surface area contributed by atoms with E-state index in [2.05, 4.69) is 4.90 Å². The van der Waals surface area contributed by atoms with Crippen molar-refractivity contribution >= 4 is 5.97 Å². The minimum Gasteiger partial charge on any atom is -0.481 e. The Labute approximate surface area is 111 Å². The Morgan fingerprint density at radius 1 is 1.06 bits per heavy atom. The van der Waals surface area contributed by atoms with E-state index in [4.69, 9.17) is 5.11 Å². The summed E-state index contributed by atoms with van der Waals surface area (Å²) < 4.78 is 0. The number of hydrogen-bond acceptors (Lipinski definition) is 2. The van der Waals surface area contributed by atoms with Crippen LogP contribution in [-0.2, 0) is 4.79 Å². The lowest BCUT2D eigenvalue weighted by Gasteiger charge is -2.27. The molecule has 0 radical (unpaired) electrons. The summed E-state index contributed by atoms with van der Waals surface area (Å²) in [5.74, 6) is 0.300. The number of carboxylic acids is 1. The second-order valence-electron chi connectivity index (χ2n) is 6.06. The van der Waals surface area contributed by atoms with Crippen LogP contribution in [0.3, 0.4) is 0 Å². The van der Waals surface area contributed by atoms with E-state index in [0.717, 1.165) is 19.0 Å². The van der Waals surface area contributed by atoms with Crippen molar-refractivity contribution in [3.05, 3.63) is 0 Å². The molecule has 0 aromatic carbocycles. The number of nitrogens with zero attached hydrogens (tertiary/aromatic N) is 1. The van der Waals surface area contributed by atoms with E-state index in [0.29, 0.717) is 12.5 Å². The number of carbonyl (C=O) groups is 1. The molecule has 1 aliphatic heterocycles. The third-order valence-electron chi connectivity index (χ3n) is 4.74. The molecule has 104 valence electrons. The van der Waals surface area contributed by atoms with Gasteiger partial charge in [0.15, 0.2) is 0 Å². The number of hydrogen-bond donors (Lipinski definition) is 1. The Balaban J connectivity index is 1.68. The van der Waals surface area contributed by atoms with Gasteiger partial charge < -0.3 is 5.11 Å². The lowest BCUT2D eigenvalue weighted by atomic mass is 9.85. The number of carboxylic acid groups (broad SMARTS) is 1. The maximum absolute atomic E-state index is 10.6. The molecule has 1 atom stereocenters. The minimum atomic E-state index is -0.659. The highest BCUT2D eigenvalue weighted by Gasteiger charge is 2.25. The van der Waals surface area contributed by atoms with E-state index < -0.39 is 5.97 Å². The van der Waals surface area contributed by atoms with Crippen LogP contribution in [0, 0.1) is 5.92 Å². The lowest BCUT2D eigenvalue weighted by Crippen LogP contribution is -2.32. The van der Waals surface area contributed by atoms with Gasteiger partial charge in [-0.05, 0) is 38.1 Å². The molecular weight excluding hydrogens is 226 g/mol. The number of rotatable bonds is 6. The van der Waals surface area contributed by atoms with Gasteiger partial charge in [0.05, 0.1) is 6.42 Å². The number of likely N-dealkylation sites (tertiary alicyclic amines) is 1. The molecule has 3 heteroatoms. The van der Waals surface area contributed by atoms with Crippen LogP contribution in [0.2, 0.25) is 0 Å². The van der Waals surface area contributed by atoms with Crippen molar-refractivity contribution in [3.63, 3.8) is 0 Å². The fraction of sp³-hybridized carbons (Fsp3) is 0.933. The average Bonchev–Trinajstić information content (AvgIpc) is 2.82. The van der Waals surface area contributed by atoms with E-state index in [1.54, 1.807) is 0 Å². The fourth-order valence-electron chi connectivity index (χ4n) is 3.66. The molecule has 2 aliphatic rings. The van der Waals surface area contributed by atoms with Crippen molar-refractivity contribution in [2.75, 3.05) is 13.1 Å². The molecule has 0 bridgehead atoms. The van der Waals surface area contributed by atoms with Crippen LogP contribution in [0.15, 0.2) is 0 Å². The third-order valence-corrected chi connectivity index (χ3v) is 4.74. The largest absolute Gasteiger partial charge is 0.481 e. The van der Waals surface area contributed by atoms with Gasteiger partial charge in [0.25, 0.3) is 0 Å². The summed E-state index contributed by atoms with van der Waals surface area (Å²) >= 11 is 0. The second-order valence-corrected chi connectivity index (χ2v) is 6.06. The standard InChI is InChI=1S/C15H27NO2/c17-15(18)10-12-16-11-4-7-14(16)9-8-13-5-2-1-3-6-13/h13-14H,1-12H2,(H,17,18)/t14-/m1/s1. The molecule has 0 aromatic rings. The molecule has 0 amide bonds. The van der Waals surface area contributed by atoms with Crippen LogP contribution in [0.25, 0.3) is 0 Å². The maximum atomic E-state index is 10.6. The van der Waals surface area contributed by atoms with Gasteiger partial charge in [-0.1, -0.05) is 32.1 Å². The highest BCUT2D eigenvalue weighted by atomic mass is 16.4.